The molecule has 2 aromatic heterocycles. The van der Waals surface area contributed by atoms with Crippen LogP contribution in [0, 0.1) is 0 Å². The first-order valence-electron chi connectivity index (χ1n) is 17.0. The van der Waals surface area contributed by atoms with E-state index in [1.165, 1.54) is 27.8 Å². The van der Waals surface area contributed by atoms with Gasteiger partial charge in [0.1, 0.15) is 11.1 Å². The maximum Gasteiger partial charge on any atom is 0.227 e. The molecule has 0 N–H and O–H groups in total. The molecule has 0 aliphatic heterocycles. The molecule has 0 fully saturated rings. The van der Waals surface area contributed by atoms with Gasteiger partial charge in [0.05, 0.1) is 11.4 Å². The minimum Gasteiger partial charge on any atom is -0.454 e. The van der Waals surface area contributed by atoms with Crippen molar-refractivity contribution in [2.24, 2.45) is 0 Å². The van der Waals surface area contributed by atoms with E-state index in [1.54, 1.807) is 0 Å². The van der Waals surface area contributed by atoms with Gasteiger partial charge in [0, 0.05) is 39.1 Å². The lowest BCUT2D eigenvalue weighted by molar-refractivity contribution is 0.620. The second kappa shape index (κ2) is 10.8. The fraction of sp³-hybridized carbons (Fsp3) is 0.0652. The van der Waals surface area contributed by atoms with Gasteiger partial charge in [-0.2, -0.15) is 0 Å². The SMILES string of the molecule is CC1(C)c2ccccc2-c2c(N(c3cccc(-c4ccccc4)c3)c3cccc4c3oc3cc5nc(-c6ccccc6)oc5cc34)cccc21. The van der Waals surface area contributed by atoms with Gasteiger partial charge in [0.2, 0.25) is 5.89 Å². The number of rotatable bonds is 5. The molecule has 9 aromatic rings. The number of benzene rings is 7. The zero-order valence-corrected chi connectivity index (χ0v) is 27.7. The van der Waals surface area contributed by atoms with Crippen LogP contribution < -0.4 is 4.90 Å². The van der Waals surface area contributed by atoms with Gasteiger partial charge >= 0.3 is 0 Å². The highest BCUT2D eigenvalue weighted by molar-refractivity contribution is 6.13. The number of anilines is 3. The monoisotopic (exact) mass is 644 g/mol. The highest BCUT2D eigenvalue weighted by atomic mass is 16.4. The summed E-state index contributed by atoms with van der Waals surface area (Å²) < 4.78 is 13.1. The zero-order chi connectivity index (χ0) is 33.4. The van der Waals surface area contributed by atoms with Crippen LogP contribution in [0.15, 0.2) is 167 Å². The summed E-state index contributed by atoms with van der Waals surface area (Å²) in [5, 5.41) is 2.02. The molecular weight excluding hydrogens is 613 g/mol. The topological polar surface area (TPSA) is 42.4 Å². The van der Waals surface area contributed by atoms with Gasteiger partial charge in [-0.3, -0.25) is 0 Å². The van der Waals surface area contributed by atoms with Crippen molar-refractivity contribution in [3.63, 3.8) is 0 Å². The summed E-state index contributed by atoms with van der Waals surface area (Å²) >= 11 is 0. The molecular formula is C46H32N2O2. The third-order valence-corrected chi connectivity index (χ3v) is 10.3. The number of hydrogen-bond acceptors (Lipinski definition) is 4. The fourth-order valence-electron chi connectivity index (χ4n) is 7.87. The van der Waals surface area contributed by atoms with E-state index >= 15 is 0 Å². The Balaban J connectivity index is 1.22. The minimum absolute atomic E-state index is 0.134. The third-order valence-electron chi connectivity index (χ3n) is 10.3. The van der Waals surface area contributed by atoms with Crippen LogP contribution in [0.1, 0.15) is 25.0 Å². The Morgan fingerprint density at radius 3 is 2.04 bits per heavy atom. The summed E-state index contributed by atoms with van der Waals surface area (Å²) in [7, 11) is 0. The van der Waals surface area contributed by atoms with Crippen LogP contribution in [-0.2, 0) is 5.41 Å². The zero-order valence-electron chi connectivity index (χ0n) is 27.7. The van der Waals surface area contributed by atoms with Gasteiger partial charge < -0.3 is 13.7 Å². The van der Waals surface area contributed by atoms with Gasteiger partial charge in [-0.15, -0.1) is 0 Å². The molecule has 0 unspecified atom stereocenters. The smallest absolute Gasteiger partial charge is 0.227 e. The van der Waals surface area contributed by atoms with E-state index in [1.807, 2.05) is 36.4 Å². The van der Waals surface area contributed by atoms with Crippen molar-refractivity contribution >= 4 is 50.1 Å². The maximum absolute atomic E-state index is 6.85. The van der Waals surface area contributed by atoms with Gasteiger partial charge in [-0.05, 0) is 70.3 Å². The number of fused-ring (bicyclic) bond motifs is 7. The number of furan rings is 1. The Labute approximate surface area is 289 Å². The van der Waals surface area contributed by atoms with Crippen LogP contribution in [-0.4, -0.2) is 4.98 Å². The van der Waals surface area contributed by atoms with Gasteiger partial charge in [0.25, 0.3) is 0 Å². The van der Waals surface area contributed by atoms with Crippen LogP contribution in [0.25, 0.3) is 66.7 Å². The van der Waals surface area contributed by atoms with Crippen LogP contribution in [0.2, 0.25) is 0 Å². The number of nitrogens with zero attached hydrogens (tertiary/aromatic N) is 2. The van der Waals surface area contributed by atoms with Crippen LogP contribution in [0.5, 0.6) is 0 Å². The maximum atomic E-state index is 6.85. The van der Waals surface area contributed by atoms with E-state index in [9.17, 15) is 0 Å². The Hall–Kier alpha value is -6.39. The van der Waals surface area contributed by atoms with Crippen molar-refractivity contribution in [2.45, 2.75) is 19.3 Å². The van der Waals surface area contributed by atoms with Crippen molar-refractivity contribution in [3.8, 4) is 33.7 Å². The van der Waals surface area contributed by atoms with Crippen LogP contribution in [0.3, 0.4) is 0 Å². The molecule has 0 atom stereocenters. The predicted octanol–water partition coefficient (Wildman–Crippen LogP) is 12.8. The lowest BCUT2D eigenvalue weighted by Crippen LogP contribution is -2.16. The Morgan fingerprint density at radius 1 is 0.520 bits per heavy atom. The summed E-state index contributed by atoms with van der Waals surface area (Å²) in [5.41, 5.74) is 14.5. The quantitative estimate of drug-likeness (QED) is 0.187. The van der Waals surface area contributed by atoms with E-state index in [4.69, 9.17) is 13.8 Å². The Kier molecular flexibility index (Phi) is 6.19. The van der Waals surface area contributed by atoms with Crippen LogP contribution in [0.4, 0.5) is 17.1 Å². The van der Waals surface area contributed by atoms with E-state index < -0.39 is 0 Å². The summed E-state index contributed by atoms with van der Waals surface area (Å²) in [5.74, 6) is 0.601. The molecule has 0 saturated carbocycles. The highest BCUT2D eigenvalue weighted by Gasteiger charge is 2.38. The number of hydrogen-bond donors (Lipinski definition) is 0. The minimum atomic E-state index is -0.134. The molecule has 4 heteroatoms. The van der Waals surface area contributed by atoms with Crippen molar-refractivity contribution in [1.82, 2.24) is 4.98 Å². The molecule has 0 spiro atoms. The molecule has 0 amide bonds. The third kappa shape index (κ3) is 4.28. The second-order valence-electron chi connectivity index (χ2n) is 13.6. The van der Waals surface area contributed by atoms with E-state index in [-0.39, 0.29) is 5.41 Å². The van der Waals surface area contributed by atoms with Gasteiger partial charge in [-0.1, -0.05) is 123 Å². The molecule has 2 heterocycles. The van der Waals surface area contributed by atoms with Crippen molar-refractivity contribution in [2.75, 3.05) is 4.90 Å². The summed E-state index contributed by atoms with van der Waals surface area (Å²) in [6, 6.07) is 55.4. The van der Waals surface area contributed by atoms with E-state index in [0.717, 1.165) is 61.2 Å². The van der Waals surface area contributed by atoms with Gasteiger partial charge in [-0.25, -0.2) is 4.98 Å². The molecule has 10 rings (SSSR count). The fourth-order valence-corrected chi connectivity index (χ4v) is 7.87. The summed E-state index contributed by atoms with van der Waals surface area (Å²) in [6.45, 7) is 4.66. The molecule has 0 saturated heterocycles. The molecule has 0 bridgehead atoms. The average molecular weight is 645 g/mol. The number of oxazole rings is 1. The first-order valence-corrected chi connectivity index (χ1v) is 17.0. The summed E-state index contributed by atoms with van der Waals surface area (Å²) in [4.78, 5) is 7.21. The largest absolute Gasteiger partial charge is 0.454 e. The van der Waals surface area contributed by atoms with Crippen LogP contribution >= 0.6 is 0 Å². The normalized spacial score (nSPS) is 13.2. The molecule has 1 aliphatic carbocycles. The second-order valence-corrected chi connectivity index (χ2v) is 13.6. The average Bonchev–Trinajstić information content (AvgIpc) is 3.82. The standard InChI is InChI=1S/C46H32N2O2/c1-46(2)36-22-10-9-20-34(36)43-37(46)23-13-24-39(43)48(32-19-11-18-31(26-32)29-14-5-3-6-15-29)40-25-12-21-33-35-27-42-38(28-41(35)49-44(33)40)47-45(50-42)30-16-7-4-8-17-30/h3-28H,1-2H3. The molecule has 4 nitrogen and oxygen atoms in total. The first-order chi connectivity index (χ1) is 24.5. The van der Waals surface area contributed by atoms with E-state index in [2.05, 4.69) is 140 Å². The first kappa shape index (κ1) is 28.6. The molecule has 1 aliphatic rings. The lowest BCUT2D eigenvalue weighted by Gasteiger charge is -2.29. The lowest BCUT2D eigenvalue weighted by atomic mass is 9.82. The summed E-state index contributed by atoms with van der Waals surface area (Å²) in [6.07, 6.45) is 0. The van der Waals surface area contributed by atoms with Gasteiger partial charge in [0.15, 0.2) is 11.2 Å². The van der Waals surface area contributed by atoms with Crippen molar-refractivity contribution in [1.29, 1.82) is 0 Å². The predicted molar refractivity (Wildman–Crippen MR) is 204 cm³/mol. The van der Waals surface area contributed by atoms with Crippen molar-refractivity contribution in [3.05, 3.63) is 169 Å². The molecule has 238 valence electrons. The number of para-hydroxylation sites is 1. The Morgan fingerprint density at radius 2 is 1.20 bits per heavy atom. The van der Waals surface area contributed by atoms with Crippen molar-refractivity contribution < 1.29 is 8.83 Å². The number of aromatic nitrogens is 1. The van der Waals surface area contributed by atoms with E-state index in [0.29, 0.717) is 5.89 Å². The molecule has 7 aromatic carbocycles. The Bertz CT molecular complexity index is 2740. The molecule has 0 radical (unpaired) electrons. The molecule has 50 heavy (non-hydrogen) atoms. The highest BCUT2D eigenvalue weighted by Crippen LogP contribution is 2.55.